The summed E-state index contributed by atoms with van der Waals surface area (Å²) in [6.45, 7) is 3.86. The Hall–Kier alpha value is -4.06. The van der Waals surface area contributed by atoms with Gasteiger partial charge in [0.25, 0.3) is 15.9 Å². The van der Waals surface area contributed by atoms with Gasteiger partial charge >= 0.3 is 6.18 Å². The standard InChI is InChI=1S/C31H28ClF3N4O3S/c32-24-9-5-21(6-10-24)27-4-2-1-3-23(27)20-38-15-17-39(18-16-38)26-12-7-22(8-13-26)30(40)37-43(41,42)29-14-11-25(36)19-28(29)31(33,34)35/h1-14,19H,15-18,20,36H2,(H,37,40). The minimum absolute atomic E-state index is 0.00577. The number of alkyl halides is 3. The number of carbonyl (C=O) groups is 1. The molecule has 0 spiro atoms. The number of nitrogens with one attached hydrogen (secondary N) is 1. The van der Waals surface area contributed by atoms with E-state index in [0.29, 0.717) is 11.1 Å². The maximum absolute atomic E-state index is 13.4. The maximum Gasteiger partial charge on any atom is 0.417 e. The lowest BCUT2D eigenvalue weighted by Crippen LogP contribution is -2.46. The second-order valence-corrected chi connectivity index (χ2v) is 12.2. The van der Waals surface area contributed by atoms with Crippen molar-refractivity contribution in [3.05, 3.63) is 113 Å². The SMILES string of the molecule is Nc1ccc(S(=O)(=O)NC(=O)c2ccc(N3CCN(Cc4ccccc4-c4ccc(Cl)cc4)CC3)cc2)c(C(F)(F)F)c1. The van der Waals surface area contributed by atoms with Gasteiger partial charge in [-0.25, -0.2) is 13.1 Å². The lowest BCUT2D eigenvalue weighted by atomic mass is 9.99. The molecular weight excluding hydrogens is 601 g/mol. The third kappa shape index (κ3) is 7.12. The molecule has 0 bridgehead atoms. The Balaban J connectivity index is 1.21. The van der Waals surface area contributed by atoms with Crippen LogP contribution in [0.4, 0.5) is 24.5 Å². The Morgan fingerprint density at radius 3 is 2.19 bits per heavy atom. The number of piperazine rings is 1. The van der Waals surface area contributed by atoms with Crippen LogP contribution in [0.15, 0.2) is 95.9 Å². The van der Waals surface area contributed by atoms with E-state index in [2.05, 4.69) is 21.9 Å². The van der Waals surface area contributed by atoms with Gasteiger partial charge in [-0.1, -0.05) is 48.0 Å². The summed E-state index contributed by atoms with van der Waals surface area (Å²) >= 11 is 6.06. The Bertz CT molecular complexity index is 1720. The molecule has 5 rings (SSSR count). The van der Waals surface area contributed by atoms with Crippen molar-refractivity contribution in [2.45, 2.75) is 17.6 Å². The second kappa shape index (κ2) is 12.3. The predicted molar refractivity (Wildman–Crippen MR) is 161 cm³/mol. The highest BCUT2D eigenvalue weighted by Gasteiger charge is 2.38. The van der Waals surface area contributed by atoms with Crippen molar-refractivity contribution in [2.24, 2.45) is 0 Å². The Morgan fingerprint density at radius 2 is 1.53 bits per heavy atom. The summed E-state index contributed by atoms with van der Waals surface area (Å²) in [6.07, 6.45) is -4.98. The zero-order valence-electron chi connectivity index (χ0n) is 22.8. The number of halogens is 4. The van der Waals surface area contributed by atoms with Gasteiger partial charge in [0.2, 0.25) is 0 Å². The lowest BCUT2D eigenvalue weighted by molar-refractivity contribution is -0.139. The molecule has 1 heterocycles. The first-order valence-electron chi connectivity index (χ1n) is 13.4. The van der Waals surface area contributed by atoms with Gasteiger partial charge in [-0.15, -0.1) is 0 Å². The maximum atomic E-state index is 13.4. The highest BCUT2D eigenvalue weighted by Crippen LogP contribution is 2.35. The fourth-order valence-corrected chi connectivity index (χ4v) is 6.35. The molecule has 1 aliphatic rings. The van der Waals surface area contributed by atoms with Crippen LogP contribution in [0.5, 0.6) is 0 Å². The quantitative estimate of drug-likeness (QED) is 0.242. The van der Waals surface area contributed by atoms with Gasteiger partial charge in [-0.05, 0) is 71.3 Å². The number of hydrogen-bond donors (Lipinski definition) is 2. The van der Waals surface area contributed by atoms with Gasteiger partial charge < -0.3 is 10.6 Å². The van der Waals surface area contributed by atoms with Crippen LogP contribution in [0, 0.1) is 0 Å². The fourth-order valence-electron chi connectivity index (χ4n) is 5.04. The van der Waals surface area contributed by atoms with Crippen LogP contribution < -0.4 is 15.4 Å². The number of anilines is 2. The molecule has 43 heavy (non-hydrogen) atoms. The topological polar surface area (TPSA) is 95.7 Å². The minimum atomic E-state index is -4.98. The van der Waals surface area contributed by atoms with Crippen molar-refractivity contribution < 1.29 is 26.4 Å². The van der Waals surface area contributed by atoms with Crippen LogP contribution in [0.2, 0.25) is 5.02 Å². The molecule has 1 aliphatic heterocycles. The van der Waals surface area contributed by atoms with Crippen LogP contribution in [-0.2, 0) is 22.7 Å². The average molecular weight is 629 g/mol. The molecule has 4 aromatic rings. The molecule has 1 fully saturated rings. The summed E-state index contributed by atoms with van der Waals surface area (Å²) in [5, 5.41) is 0.689. The number of hydrogen-bond acceptors (Lipinski definition) is 6. The number of nitrogens with two attached hydrogens (primary N) is 1. The van der Waals surface area contributed by atoms with E-state index < -0.39 is 32.6 Å². The average Bonchev–Trinajstić information content (AvgIpc) is 2.98. The van der Waals surface area contributed by atoms with Crippen LogP contribution in [0.1, 0.15) is 21.5 Å². The summed E-state index contributed by atoms with van der Waals surface area (Å²) < 4.78 is 67.4. The Labute approximate surface area is 252 Å². The summed E-state index contributed by atoms with van der Waals surface area (Å²) in [7, 11) is -4.82. The van der Waals surface area contributed by atoms with Crippen LogP contribution in [-0.4, -0.2) is 45.4 Å². The fraction of sp³-hybridized carbons (Fsp3) is 0.194. The van der Waals surface area contributed by atoms with Gasteiger partial charge in [0.05, 0.1) is 10.5 Å². The zero-order valence-corrected chi connectivity index (χ0v) is 24.4. The smallest absolute Gasteiger partial charge is 0.399 e. The highest BCUT2D eigenvalue weighted by molar-refractivity contribution is 7.90. The van der Waals surface area contributed by atoms with E-state index in [1.54, 1.807) is 16.9 Å². The third-order valence-electron chi connectivity index (χ3n) is 7.26. The van der Waals surface area contributed by atoms with Crippen molar-refractivity contribution in [1.82, 2.24) is 9.62 Å². The van der Waals surface area contributed by atoms with Gasteiger partial charge in [0.15, 0.2) is 0 Å². The number of nitrogen functional groups attached to an aromatic ring is 1. The third-order valence-corrected chi connectivity index (χ3v) is 8.90. The molecule has 7 nitrogen and oxygen atoms in total. The first kappa shape index (κ1) is 30.4. The molecule has 0 saturated carbocycles. The van der Waals surface area contributed by atoms with Gasteiger partial charge in [0, 0.05) is 54.7 Å². The number of benzene rings is 4. The molecule has 4 aromatic carbocycles. The number of carbonyl (C=O) groups excluding carboxylic acids is 1. The summed E-state index contributed by atoms with van der Waals surface area (Å²) in [5.74, 6) is -1.04. The van der Waals surface area contributed by atoms with Gasteiger partial charge in [0.1, 0.15) is 0 Å². The van der Waals surface area contributed by atoms with E-state index >= 15 is 0 Å². The number of nitrogens with zero attached hydrogens (tertiary/aromatic N) is 2. The summed E-state index contributed by atoms with van der Waals surface area (Å²) in [6, 6.07) is 24.6. The first-order chi connectivity index (χ1) is 20.4. The molecule has 12 heteroatoms. The Kier molecular flexibility index (Phi) is 8.68. The van der Waals surface area contributed by atoms with Crippen LogP contribution >= 0.6 is 11.6 Å². The van der Waals surface area contributed by atoms with Crippen molar-refractivity contribution in [2.75, 3.05) is 36.8 Å². The van der Waals surface area contributed by atoms with Crippen molar-refractivity contribution in [3.63, 3.8) is 0 Å². The van der Waals surface area contributed by atoms with E-state index in [0.717, 1.165) is 61.7 Å². The van der Waals surface area contributed by atoms with E-state index in [4.69, 9.17) is 17.3 Å². The van der Waals surface area contributed by atoms with Crippen molar-refractivity contribution in [1.29, 1.82) is 0 Å². The molecule has 224 valence electrons. The van der Waals surface area contributed by atoms with Crippen LogP contribution in [0.3, 0.4) is 0 Å². The largest absolute Gasteiger partial charge is 0.417 e. The molecule has 1 saturated heterocycles. The number of amides is 1. The first-order valence-corrected chi connectivity index (χ1v) is 15.2. The van der Waals surface area contributed by atoms with Gasteiger partial charge in [-0.2, -0.15) is 13.2 Å². The molecule has 0 unspecified atom stereocenters. The minimum Gasteiger partial charge on any atom is -0.399 e. The molecular formula is C31H28ClF3N4O3S. The van der Waals surface area contributed by atoms with Crippen molar-refractivity contribution in [3.8, 4) is 11.1 Å². The zero-order chi connectivity index (χ0) is 30.8. The number of rotatable bonds is 7. The summed E-state index contributed by atoms with van der Waals surface area (Å²) in [4.78, 5) is 16.1. The molecule has 3 N–H and O–H groups in total. The molecule has 1 amide bonds. The highest BCUT2D eigenvalue weighted by atomic mass is 35.5. The van der Waals surface area contributed by atoms with E-state index in [1.807, 2.05) is 36.4 Å². The number of sulfonamides is 1. The van der Waals surface area contributed by atoms with Gasteiger partial charge in [-0.3, -0.25) is 9.69 Å². The lowest BCUT2D eigenvalue weighted by Gasteiger charge is -2.36. The summed E-state index contributed by atoms with van der Waals surface area (Å²) in [5.41, 5.74) is 8.03. The second-order valence-electron chi connectivity index (χ2n) is 10.2. The normalized spacial score (nSPS) is 14.5. The van der Waals surface area contributed by atoms with E-state index in [9.17, 15) is 26.4 Å². The van der Waals surface area contributed by atoms with Crippen LogP contribution in [0.25, 0.3) is 11.1 Å². The van der Waals surface area contributed by atoms with Crippen molar-refractivity contribution >= 4 is 38.9 Å². The predicted octanol–water partition coefficient (Wildman–Crippen LogP) is 6.05. The molecule has 0 aliphatic carbocycles. The monoisotopic (exact) mass is 628 g/mol. The molecule has 0 atom stereocenters. The molecule has 0 radical (unpaired) electrons. The molecule has 0 aromatic heterocycles. The van der Waals surface area contributed by atoms with E-state index in [1.165, 1.54) is 17.7 Å². The van der Waals surface area contributed by atoms with E-state index in [-0.39, 0.29) is 11.3 Å². The Morgan fingerprint density at radius 1 is 0.884 bits per heavy atom.